The number of benzene rings is 1. The molecule has 6 nitrogen and oxygen atoms in total. The minimum atomic E-state index is -0.114. The SMILES string of the molecule is O=C(Cc1ccc2c(c1)CCCO2)N1CCN(C(=O)c2ccco2)CC1. The molecule has 0 bridgehead atoms. The van der Waals surface area contributed by atoms with Gasteiger partial charge >= 0.3 is 0 Å². The van der Waals surface area contributed by atoms with Crippen molar-refractivity contribution in [2.75, 3.05) is 32.8 Å². The topological polar surface area (TPSA) is 63.0 Å². The zero-order valence-corrected chi connectivity index (χ0v) is 14.6. The van der Waals surface area contributed by atoms with Crippen molar-refractivity contribution in [1.82, 2.24) is 9.80 Å². The molecule has 0 aliphatic carbocycles. The third-order valence-corrected chi connectivity index (χ3v) is 4.98. The average Bonchev–Trinajstić information content (AvgIpc) is 3.22. The maximum absolute atomic E-state index is 12.6. The van der Waals surface area contributed by atoms with E-state index in [4.69, 9.17) is 9.15 Å². The van der Waals surface area contributed by atoms with Gasteiger partial charge in [-0.3, -0.25) is 9.59 Å². The highest BCUT2D eigenvalue weighted by molar-refractivity contribution is 5.91. The van der Waals surface area contributed by atoms with Crippen LogP contribution < -0.4 is 4.74 Å². The Morgan fingerprint density at radius 2 is 1.85 bits per heavy atom. The predicted octanol–water partition coefficient (Wildman–Crippen LogP) is 2.13. The van der Waals surface area contributed by atoms with Crippen molar-refractivity contribution < 1.29 is 18.7 Å². The van der Waals surface area contributed by atoms with Gasteiger partial charge in [0, 0.05) is 26.2 Å². The van der Waals surface area contributed by atoms with Crippen molar-refractivity contribution in [3.63, 3.8) is 0 Å². The van der Waals surface area contributed by atoms with Crippen LogP contribution in [-0.4, -0.2) is 54.4 Å². The third-order valence-electron chi connectivity index (χ3n) is 4.98. The summed E-state index contributed by atoms with van der Waals surface area (Å²) in [5, 5.41) is 0. The maximum atomic E-state index is 12.6. The summed E-state index contributed by atoms with van der Waals surface area (Å²) in [7, 11) is 0. The number of amides is 2. The number of aryl methyl sites for hydroxylation is 1. The standard InChI is InChI=1S/C20H22N2O4/c23-19(14-15-5-6-17-16(13-15)3-1-11-25-17)21-7-9-22(10-8-21)20(24)18-4-2-12-26-18/h2,4-6,12-13H,1,3,7-11,14H2. The number of nitrogens with zero attached hydrogens (tertiary/aromatic N) is 2. The lowest BCUT2D eigenvalue weighted by atomic mass is 10.0. The van der Waals surface area contributed by atoms with Gasteiger partial charge in [0.1, 0.15) is 5.75 Å². The molecule has 3 heterocycles. The van der Waals surface area contributed by atoms with E-state index >= 15 is 0 Å². The van der Waals surface area contributed by atoms with Crippen LogP contribution in [0, 0.1) is 0 Å². The number of fused-ring (bicyclic) bond motifs is 1. The monoisotopic (exact) mass is 354 g/mol. The smallest absolute Gasteiger partial charge is 0.289 e. The van der Waals surface area contributed by atoms with E-state index in [1.54, 1.807) is 17.0 Å². The van der Waals surface area contributed by atoms with Gasteiger partial charge in [-0.1, -0.05) is 12.1 Å². The Bertz CT molecular complexity index is 792. The fourth-order valence-corrected chi connectivity index (χ4v) is 3.53. The van der Waals surface area contributed by atoms with Crippen LogP contribution in [0.15, 0.2) is 41.0 Å². The van der Waals surface area contributed by atoms with Gasteiger partial charge in [0.2, 0.25) is 5.91 Å². The van der Waals surface area contributed by atoms with Gasteiger partial charge in [0.05, 0.1) is 19.3 Å². The normalized spacial score (nSPS) is 16.8. The van der Waals surface area contributed by atoms with Gasteiger partial charge in [-0.05, 0) is 42.2 Å². The van der Waals surface area contributed by atoms with E-state index in [0.29, 0.717) is 38.4 Å². The molecule has 1 fully saturated rings. The highest BCUT2D eigenvalue weighted by Gasteiger charge is 2.26. The van der Waals surface area contributed by atoms with Crippen molar-refractivity contribution in [2.45, 2.75) is 19.3 Å². The molecule has 2 aliphatic heterocycles. The zero-order chi connectivity index (χ0) is 17.9. The largest absolute Gasteiger partial charge is 0.493 e. The molecule has 1 aromatic heterocycles. The van der Waals surface area contributed by atoms with Crippen LogP contribution in [0.5, 0.6) is 5.75 Å². The number of ether oxygens (including phenoxy) is 1. The van der Waals surface area contributed by atoms with Gasteiger partial charge in [-0.15, -0.1) is 0 Å². The Balaban J connectivity index is 1.33. The number of furan rings is 1. The Kier molecular flexibility index (Phi) is 4.65. The molecule has 2 aromatic rings. The highest BCUT2D eigenvalue weighted by atomic mass is 16.5. The Hall–Kier alpha value is -2.76. The molecule has 26 heavy (non-hydrogen) atoms. The quantitative estimate of drug-likeness (QED) is 0.847. The van der Waals surface area contributed by atoms with Crippen molar-refractivity contribution in [2.24, 2.45) is 0 Å². The van der Waals surface area contributed by atoms with Gasteiger partial charge < -0.3 is 19.0 Å². The van der Waals surface area contributed by atoms with Crippen LogP contribution in [0.3, 0.4) is 0 Å². The first-order valence-corrected chi connectivity index (χ1v) is 9.06. The Labute approximate surface area is 152 Å². The molecule has 2 amide bonds. The molecule has 0 spiro atoms. The molecule has 0 N–H and O–H groups in total. The van der Waals surface area contributed by atoms with E-state index in [9.17, 15) is 9.59 Å². The number of hydrogen-bond donors (Lipinski definition) is 0. The molecule has 4 rings (SSSR count). The van der Waals surface area contributed by atoms with Crippen molar-refractivity contribution >= 4 is 11.8 Å². The fraction of sp³-hybridized carbons (Fsp3) is 0.400. The summed E-state index contributed by atoms with van der Waals surface area (Å²) in [5.74, 6) is 1.28. The molecule has 0 atom stereocenters. The summed E-state index contributed by atoms with van der Waals surface area (Å²) in [6, 6.07) is 9.40. The fourth-order valence-electron chi connectivity index (χ4n) is 3.53. The number of hydrogen-bond acceptors (Lipinski definition) is 4. The highest BCUT2D eigenvalue weighted by Crippen LogP contribution is 2.26. The van der Waals surface area contributed by atoms with Gasteiger partial charge in [0.15, 0.2) is 5.76 Å². The summed E-state index contributed by atoms with van der Waals surface area (Å²) in [6.07, 6.45) is 3.91. The zero-order valence-electron chi connectivity index (χ0n) is 14.6. The molecule has 2 aliphatic rings. The second kappa shape index (κ2) is 7.23. The van der Waals surface area contributed by atoms with Crippen LogP contribution in [-0.2, 0) is 17.6 Å². The molecule has 1 aromatic carbocycles. The first-order valence-electron chi connectivity index (χ1n) is 9.06. The van der Waals surface area contributed by atoms with Crippen molar-refractivity contribution in [3.8, 4) is 5.75 Å². The minimum absolute atomic E-state index is 0.103. The number of piperazine rings is 1. The molecule has 1 saturated heterocycles. The van der Waals surface area contributed by atoms with Gasteiger partial charge in [-0.2, -0.15) is 0 Å². The van der Waals surface area contributed by atoms with E-state index in [2.05, 4.69) is 6.07 Å². The lowest BCUT2D eigenvalue weighted by Crippen LogP contribution is -2.50. The van der Waals surface area contributed by atoms with E-state index in [1.165, 1.54) is 11.8 Å². The van der Waals surface area contributed by atoms with E-state index in [1.807, 2.05) is 17.0 Å². The molecule has 0 saturated carbocycles. The molecular formula is C20H22N2O4. The Morgan fingerprint density at radius 3 is 2.62 bits per heavy atom. The molecule has 6 heteroatoms. The number of carbonyl (C=O) groups excluding carboxylic acids is 2. The lowest BCUT2D eigenvalue weighted by Gasteiger charge is -2.34. The lowest BCUT2D eigenvalue weighted by molar-refractivity contribution is -0.131. The molecule has 0 radical (unpaired) electrons. The molecule has 136 valence electrons. The summed E-state index contributed by atoms with van der Waals surface area (Å²) in [4.78, 5) is 28.5. The van der Waals surface area contributed by atoms with Crippen LogP contribution in [0.1, 0.15) is 28.1 Å². The minimum Gasteiger partial charge on any atom is -0.493 e. The second-order valence-corrected chi connectivity index (χ2v) is 6.72. The average molecular weight is 354 g/mol. The van der Waals surface area contributed by atoms with Crippen LogP contribution in [0.25, 0.3) is 0 Å². The van der Waals surface area contributed by atoms with Crippen LogP contribution in [0.2, 0.25) is 0 Å². The summed E-state index contributed by atoms with van der Waals surface area (Å²) >= 11 is 0. The summed E-state index contributed by atoms with van der Waals surface area (Å²) < 4.78 is 10.8. The number of carbonyl (C=O) groups is 2. The Morgan fingerprint density at radius 1 is 1.04 bits per heavy atom. The molecule has 0 unspecified atom stereocenters. The first-order chi connectivity index (χ1) is 12.7. The van der Waals surface area contributed by atoms with E-state index < -0.39 is 0 Å². The second-order valence-electron chi connectivity index (χ2n) is 6.72. The summed E-state index contributed by atoms with van der Waals surface area (Å²) in [5.41, 5.74) is 2.21. The number of rotatable bonds is 3. The maximum Gasteiger partial charge on any atom is 0.289 e. The van der Waals surface area contributed by atoms with Gasteiger partial charge in [-0.25, -0.2) is 0 Å². The van der Waals surface area contributed by atoms with E-state index in [0.717, 1.165) is 30.8 Å². The first kappa shape index (κ1) is 16.7. The molecular weight excluding hydrogens is 332 g/mol. The van der Waals surface area contributed by atoms with Crippen molar-refractivity contribution in [1.29, 1.82) is 0 Å². The van der Waals surface area contributed by atoms with Crippen LogP contribution >= 0.6 is 0 Å². The van der Waals surface area contributed by atoms with Crippen molar-refractivity contribution in [3.05, 3.63) is 53.5 Å². The van der Waals surface area contributed by atoms with Gasteiger partial charge in [0.25, 0.3) is 5.91 Å². The third kappa shape index (κ3) is 3.45. The van der Waals surface area contributed by atoms with Crippen LogP contribution in [0.4, 0.5) is 0 Å². The summed E-state index contributed by atoms with van der Waals surface area (Å²) in [6.45, 7) is 2.94. The van der Waals surface area contributed by atoms with E-state index in [-0.39, 0.29) is 11.8 Å². The predicted molar refractivity (Wildman–Crippen MR) is 95.2 cm³/mol.